The molecule has 1 saturated heterocycles. The topological polar surface area (TPSA) is 32.7 Å². The van der Waals surface area contributed by atoms with Crippen molar-refractivity contribution in [2.45, 2.75) is 19.0 Å². The standard InChI is InChI=1S/C13H19NO2/c15-8-6-13-11-16-9-7-14(13)10-12-4-2-1-3-5-12/h1-5,13,15H,6-11H2/t13-/m1/s1. The van der Waals surface area contributed by atoms with Crippen LogP contribution in [0.25, 0.3) is 0 Å². The molecule has 1 atom stereocenters. The van der Waals surface area contributed by atoms with E-state index in [0.29, 0.717) is 6.04 Å². The molecule has 1 aliphatic heterocycles. The number of aliphatic hydroxyl groups excluding tert-OH is 1. The Hall–Kier alpha value is -0.900. The van der Waals surface area contributed by atoms with Gasteiger partial charge < -0.3 is 9.84 Å². The third-order valence-corrected chi connectivity index (χ3v) is 3.04. The van der Waals surface area contributed by atoms with E-state index < -0.39 is 0 Å². The van der Waals surface area contributed by atoms with Crippen molar-refractivity contribution < 1.29 is 9.84 Å². The Balaban J connectivity index is 1.96. The predicted molar refractivity (Wildman–Crippen MR) is 63.2 cm³/mol. The van der Waals surface area contributed by atoms with Crippen molar-refractivity contribution in [2.24, 2.45) is 0 Å². The van der Waals surface area contributed by atoms with Crippen LogP contribution in [0.2, 0.25) is 0 Å². The van der Waals surface area contributed by atoms with E-state index >= 15 is 0 Å². The molecule has 1 heterocycles. The number of hydrogen-bond acceptors (Lipinski definition) is 3. The molecule has 0 saturated carbocycles. The molecule has 0 spiro atoms. The molecule has 0 amide bonds. The smallest absolute Gasteiger partial charge is 0.0623 e. The van der Waals surface area contributed by atoms with Crippen LogP contribution in [0.1, 0.15) is 12.0 Å². The number of nitrogens with zero attached hydrogens (tertiary/aromatic N) is 1. The van der Waals surface area contributed by atoms with Gasteiger partial charge in [-0.2, -0.15) is 0 Å². The van der Waals surface area contributed by atoms with Crippen LogP contribution in [0.3, 0.4) is 0 Å². The van der Waals surface area contributed by atoms with Gasteiger partial charge in [0.05, 0.1) is 13.2 Å². The van der Waals surface area contributed by atoms with Crippen LogP contribution in [-0.2, 0) is 11.3 Å². The molecule has 0 unspecified atom stereocenters. The molecule has 0 radical (unpaired) electrons. The van der Waals surface area contributed by atoms with Gasteiger partial charge >= 0.3 is 0 Å². The summed E-state index contributed by atoms with van der Waals surface area (Å²) in [7, 11) is 0. The first-order chi connectivity index (χ1) is 7.90. The van der Waals surface area contributed by atoms with Crippen molar-refractivity contribution in [3.05, 3.63) is 35.9 Å². The van der Waals surface area contributed by atoms with Gasteiger partial charge in [0.1, 0.15) is 0 Å². The van der Waals surface area contributed by atoms with E-state index in [9.17, 15) is 0 Å². The first-order valence-electron chi connectivity index (χ1n) is 5.86. The fourth-order valence-electron chi connectivity index (χ4n) is 2.13. The lowest BCUT2D eigenvalue weighted by atomic mass is 10.1. The second kappa shape index (κ2) is 5.99. The summed E-state index contributed by atoms with van der Waals surface area (Å²) in [6.07, 6.45) is 0.798. The molecule has 1 aromatic rings. The van der Waals surface area contributed by atoms with Crippen LogP contribution in [-0.4, -0.2) is 42.4 Å². The highest BCUT2D eigenvalue weighted by molar-refractivity contribution is 5.14. The average molecular weight is 221 g/mol. The molecule has 3 heteroatoms. The summed E-state index contributed by atoms with van der Waals surface area (Å²) in [4.78, 5) is 2.40. The van der Waals surface area contributed by atoms with Crippen molar-refractivity contribution in [2.75, 3.05) is 26.4 Å². The molecular formula is C13H19NO2. The van der Waals surface area contributed by atoms with E-state index in [4.69, 9.17) is 9.84 Å². The lowest BCUT2D eigenvalue weighted by Crippen LogP contribution is -2.45. The summed E-state index contributed by atoms with van der Waals surface area (Å²) in [5.74, 6) is 0. The molecular weight excluding hydrogens is 202 g/mol. The Labute approximate surface area is 96.6 Å². The van der Waals surface area contributed by atoms with Crippen LogP contribution < -0.4 is 0 Å². The van der Waals surface area contributed by atoms with Crippen molar-refractivity contribution in [3.63, 3.8) is 0 Å². The molecule has 1 N–H and O–H groups in total. The molecule has 88 valence electrons. The van der Waals surface area contributed by atoms with Crippen LogP contribution >= 0.6 is 0 Å². The van der Waals surface area contributed by atoms with Crippen LogP contribution in [0.5, 0.6) is 0 Å². The number of hydrogen-bond donors (Lipinski definition) is 1. The normalized spacial score (nSPS) is 22.2. The maximum atomic E-state index is 9.02. The summed E-state index contributed by atoms with van der Waals surface area (Å²) >= 11 is 0. The molecule has 3 nitrogen and oxygen atoms in total. The maximum Gasteiger partial charge on any atom is 0.0623 e. The SMILES string of the molecule is OCC[C@@H]1COCCN1Cc1ccccc1. The summed E-state index contributed by atoms with van der Waals surface area (Å²) in [6, 6.07) is 10.8. The van der Waals surface area contributed by atoms with Gasteiger partial charge in [-0.15, -0.1) is 0 Å². The molecule has 2 rings (SSSR count). The Morgan fingerprint density at radius 1 is 1.31 bits per heavy atom. The quantitative estimate of drug-likeness (QED) is 0.831. The van der Waals surface area contributed by atoms with Crippen LogP contribution in [0.4, 0.5) is 0 Å². The highest BCUT2D eigenvalue weighted by Crippen LogP contribution is 2.14. The Bertz CT molecular complexity index is 300. The molecule has 1 fully saturated rings. The Morgan fingerprint density at radius 2 is 2.12 bits per heavy atom. The van der Waals surface area contributed by atoms with Crippen molar-refractivity contribution in [1.82, 2.24) is 4.90 Å². The monoisotopic (exact) mass is 221 g/mol. The van der Waals surface area contributed by atoms with Gasteiger partial charge in [0.25, 0.3) is 0 Å². The lowest BCUT2D eigenvalue weighted by molar-refractivity contribution is -0.0195. The van der Waals surface area contributed by atoms with Gasteiger partial charge in [0, 0.05) is 25.7 Å². The number of ether oxygens (including phenoxy) is 1. The fraction of sp³-hybridized carbons (Fsp3) is 0.538. The minimum atomic E-state index is 0.235. The van der Waals surface area contributed by atoms with Crippen molar-refractivity contribution >= 4 is 0 Å². The van der Waals surface area contributed by atoms with E-state index in [-0.39, 0.29) is 6.61 Å². The molecule has 0 aliphatic carbocycles. The largest absolute Gasteiger partial charge is 0.396 e. The fourth-order valence-corrected chi connectivity index (χ4v) is 2.13. The Morgan fingerprint density at radius 3 is 2.88 bits per heavy atom. The van der Waals surface area contributed by atoms with Crippen LogP contribution in [0, 0.1) is 0 Å². The van der Waals surface area contributed by atoms with Gasteiger partial charge in [-0.3, -0.25) is 4.90 Å². The maximum absolute atomic E-state index is 9.02. The molecule has 1 aliphatic rings. The number of rotatable bonds is 4. The summed E-state index contributed by atoms with van der Waals surface area (Å²) in [5.41, 5.74) is 1.33. The predicted octanol–water partition coefficient (Wildman–Crippen LogP) is 1.27. The van der Waals surface area contributed by atoms with Gasteiger partial charge in [0.2, 0.25) is 0 Å². The van der Waals surface area contributed by atoms with Gasteiger partial charge in [-0.25, -0.2) is 0 Å². The summed E-state index contributed by atoms with van der Waals surface area (Å²) in [6.45, 7) is 3.69. The van der Waals surface area contributed by atoms with Crippen molar-refractivity contribution in [1.29, 1.82) is 0 Å². The molecule has 16 heavy (non-hydrogen) atoms. The number of aliphatic hydroxyl groups is 1. The van der Waals surface area contributed by atoms with E-state index in [1.165, 1.54) is 5.56 Å². The zero-order valence-electron chi connectivity index (χ0n) is 9.51. The van der Waals surface area contributed by atoms with E-state index in [0.717, 1.165) is 32.7 Å². The van der Waals surface area contributed by atoms with E-state index in [1.54, 1.807) is 0 Å². The first kappa shape index (κ1) is 11.6. The first-order valence-corrected chi connectivity index (χ1v) is 5.86. The van der Waals surface area contributed by atoms with E-state index in [2.05, 4.69) is 29.2 Å². The molecule has 1 aromatic carbocycles. The van der Waals surface area contributed by atoms with Crippen LogP contribution in [0.15, 0.2) is 30.3 Å². The zero-order chi connectivity index (χ0) is 11.2. The highest BCUT2D eigenvalue weighted by atomic mass is 16.5. The third kappa shape index (κ3) is 3.04. The summed E-state index contributed by atoms with van der Waals surface area (Å²) < 4.78 is 5.45. The van der Waals surface area contributed by atoms with Crippen molar-refractivity contribution in [3.8, 4) is 0 Å². The van der Waals surface area contributed by atoms with E-state index in [1.807, 2.05) is 6.07 Å². The number of morpholine rings is 1. The summed E-state index contributed by atoms with van der Waals surface area (Å²) in [5, 5.41) is 9.02. The minimum absolute atomic E-state index is 0.235. The van der Waals surface area contributed by atoms with Gasteiger partial charge in [0.15, 0.2) is 0 Å². The van der Waals surface area contributed by atoms with Gasteiger partial charge in [-0.1, -0.05) is 30.3 Å². The number of benzene rings is 1. The highest BCUT2D eigenvalue weighted by Gasteiger charge is 2.22. The minimum Gasteiger partial charge on any atom is -0.396 e. The third-order valence-electron chi connectivity index (χ3n) is 3.04. The zero-order valence-corrected chi connectivity index (χ0v) is 9.51. The lowest BCUT2D eigenvalue weighted by Gasteiger charge is -2.35. The average Bonchev–Trinajstić information content (AvgIpc) is 2.33. The Kier molecular flexibility index (Phi) is 4.34. The second-order valence-electron chi connectivity index (χ2n) is 4.20. The second-order valence-corrected chi connectivity index (χ2v) is 4.20. The van der Waals surface area contributed by atoms with Gasteiger partial charge in [-0.05, 0) is 12.0 Å². The molecule has 0 aromatic heterocycles. The molecule has 0 bridgehead atoms.